The minimum absolute atomic E-state index is 0.0136. The fourth-order valence-corrected chi connectivity index (χ4v) is 1.95. The van der Waals surface area contributed by atoms with Gasteiger partial charge in [0.1, 0.15) is 18.0 Å². The minimum Gasteiger partial charge on any atom is -0.394 e. The molecule has 1 saturated heterocycles. The van der Waals surface area contributed by atoms with Gasteiger partial charge in [-0.25, -0.2) is 4.79 Å². The second-order valence-corrected chi connectivity index (χ2v) is 4.15. The van der Waals surface area contributed by atoms with Crippen molar-refractivity contribution in [3.05, 3.63) is 22.7 Å². The number of nitrogens with two attached hydrogens (primary N) is 1. The molecule has 2 heterocycles. The molecule has 8 heteroatoms. The van der Waals surface area contributed by atoms with Crippen LogP contribution in [0.2, 0.25) is 0 Å². The SMILES string of the molecule is C#C[C@]1(O)[C@H](CO)O[C@@H](n2ccc(N)nc2=O)[C@@H]1O. The van der Waals surface area contributed by atoms with E-state index in [9.17, 15) is 15.0 Å². The maximum atomic E-state index is 11.7. The van der Waals surface area contributed by atoms with Crippen molar-refractivity contribution in [2.24, 2.45) is 0 Å². The monoisotopic (exact) mass is 267 g/mol. The first-order valence-electron chi connectivity index (χ1n) is 5.43. The first-order valence-corrected chi connectivity index (χ1v) is 5.43. The summed E-state index contributed by atoms with van der Waals surface area (Å²) in [7, 11) is 0. The molecule has 0 aromatic carbocycles. The molecular weight excluding hydrogens is 254 g/mol. The zero-order valence-electron chi connectivity index (χ0n) is 9.80. The number of hydrogen-bond donors (Lipinski definition) is 4. The quantitative estimate of drug-likeness (QED) is 0.433. The molecule has 0 spiro atoms. The number of aliphatic hydroxyl groups is 3. The van der Waals surface area contributed by atoms with Crippen LogP contribution >= 0.6 is 0 Å². The summed E-state index contributed by atoms with van der Waals surface area (Å²) in [6, 6.07) is 1.33. The van der Waals surface area contributed by atoms with E-state index in [1.54, 1.807) is 0 Å². The lowest BCUT2D eigenvalue weighted by molar-refractivity contribution is -0.0624. The maximum absolute atomic E-state index is 11.7. The van der Waals surface area contributed by atoms with Crippen molar-refractivity contribution in [1.82, 2.24) is 9.55 Å². The Morgan fingerprint density at radius 3 is 2.84 bits per heavy atom. The number of ether oxygens (including phenoxy) is 1. The highest BCUT2D eigenvalue weighted by atomic mass is 16.6. The standard InChI is InChI=1S/C11H13N3O5/c1-2-11(18)6(5-15)19-9(8(11)16)14-4-3-7(12)13-10(14)17/h1,3-4,6,8-9,15-16,18H,5H2,(H2,12,13,17)/t6-,8-,9+,11-/m0/s1. The normalized spacial score (nSPS) is 34.1. The van der Waals surface area contributed by atoms with Gasteiger partial charge in [-0.05, 0) is 6.07 Å². The van der Waals surface area contributed by atoms with Crippen LogP contribution in [0.3, 0.4) is 0 Å². The molecule has 1 aliphatic heterocycles. The molecular formula is C11H13N3O5. The number of anilines is 1. The first kappa shape index (κ1) is 13.5. The Morgan fingerprint density at radius 2 is 2.37 bits per heavy atom. The molecule has 5 N–H and O–H groups in total. The van der Waals surface area contributed by atoms with Crippen molar-refractivity contribution < 1.29 is 20.1 Å². The van der Waals surface area contributed by atoms with E-state index in [-0.39, 0.29) is 5.82 Å². The summed E-state index contributed by atoms with van der Waals surface area (Å²) in [4.78, 5) is 15.1. The van der Waals surface area contributed by atoms with E-state index in [0.717, 1.165) is 4.57 Å². The van der Waals surface area contributed by atoms with E-state index in [2.05, 4.69) is 4.98 Å². The van der Waals surface area contributed by atoms with Crippen molar-refractivity contribution in [3.63, 3.8) is 0 Å². The van der Waals surface area contributed by atoms with E-state index in [0.29, 0.717) is 0 Å². The molecule has 19 heavy (non-hydrogen) atoms. The molecule has 102 valence electrons. The molecule has 0 unspecified atom stereocenters. The smallest absolute Gasteiger partial charge is 0.351 e. The predicted molar refractivity (Wildman–Crippen MR) is 63.7 cm³/mol. The van der Waals surface area contributed by atoms with Gasteiger partial charge >= 0.3 is 5.69 Å². The number of nitrogens with zero attached hydrogens (tertiary/aromatic N) is 2. The second-order valence-electron chi connectivity index (χ2n) is 4.15. The van der Waals surface area contributed by atoms with Crippen molar-refractivity contribution in [3.8, 4) is 12.3 Å². The van der Waals surface area contributed by atoms with E-state index in [1.807, 2.05) is 5.92 Å². The Labute approximate surface area is 108 Å². The number of terminal acetylenes is 1. The number of aliphatic hydroxyl groups excluding tert-OH is 2. The fourth-order valence-electron chi connectivity index (χ4n) is 1.95. The van der Waals surface area contributed by atoms with Gasteiger partial charge in [-0.2, -0.15) is 4.98 Å². The molecule has 2 rings (SSSR count). The van der Waals surface area contributed by atoms with Crippen molar-refractivity contribution in [1.29, 1.82) is 0 Å². The van der Waals surface area contributed by atoms with Gasteiger partial charge in [0.25, 0.3) is 0 Å². The van der Waals surface area contributed by atoms with Gasteiger partial charge in [0.05, 0.1) is 6.61 Å². The highest BCUT2D eigenvalue weighted by molar-refractivity contribution is 5.24. The molecule has 0 amide bonds. The number of aromatic nitrogens is 2. The van der Waals surface area contributed by atoms with E-state index < -0.39 is 36.3 Å². The maximum Gasteiger partial charge on any atom is 0.351 e. The van der Waals surface area contributed by atoms with Crippen LogP contribution in [-0.2, 0) is 4.74 Å². The Kier molecular flexibility index (Phi) is 3.30. The van der Waals surface area contributed by atoms with Crippen LogP contribution in [0.5, 0.6) is 0 Å². The third kappa shape index (κ3) is 1.98. The summed E-state index contributed by atoms with van der Waals surface area (Å²) in [6.07, 6.45) is 2.37. The molecule has 4 atom stereocenters. The average Bonchev–Trinajstić information content (AvgIpc) is 2.63. The van der Waals surface area contributed by atoms with Gasteiger partial charge in [0.2, 0.25) is 0 Å². The summed E-state index contributed by atoms with van der Waals surface area (Å²) >= 11 is 0. The molecule has 8 nitrogen and oxygen atoms in total. The summed E-state index contributed by atoms with van der Waals surface area (Å²) < 4.78 is 6.17. The number of nitrogen functional groups attached to an aromatic ring is 1. The van der Waals surface area contributed by atoms with Gasteiger partial charge in [0, 0.05) is 6.20 Å². The molecule has 0 bridgehead atoms. The van der Waals surface area contributed by atoms with Crippen LogP contribution in [0.25, 0.3) is 0 Å². The largest absolute Gasteiger partial charge is 0.394 e. The summed E-state index contributed by atoms with van der Waals surface area (Å²) in [5.41, 5.74) is 2.50. The van der Waals surface area contributed by atoms with E-state index >= 15 is 0 Å². The zero-order chi connectivity index (χ0) is 14.2. The molecule has 1 aromatic heterocycles. The fraction of sp³-hybridized carbons (Fsp3) is 0.455. The van der Waals surface area contributed by atoms with Gasteiger partial charge in [0.15, 0.2) is 11.8 Å². The Hall–Kier alpha value is -1.92. The zero-order valence-corrected chi connectivity index (χ0v) is 9.80. The van der Waals surface area contributed by atoms with Gasteiger partial charge in [-0.15, -0.1) is 6.42 Å². The molecule has 0 radical (unpaired) electrons. The summed E-state index contributed by atoms with van der Waals surface area (Å²) in [5.74, 6) is 2.00. The van der Waals surface area contributed by atoms with Gasteiger partial charge in [-0.3, -0.25) is 4.57 Å². The van der Waals surface area contributed by atoms with Crippen LogP contribution in [0.4, 0.5) is 5.82 Å². The third-order valence-electron chi connectivity index (χ3n) is 3.04. The highest BCUT2D eigenvalue weighted by Gasteiger charge is 2.55. The number of hydrogen-bond acceptors (Lipinski definition) is 7. The molecule has 0 saturated carbocycles. The molecule has 0 aliphatic carbocycles. The van der Waals surface area contributed by atoms with Gasteiger partial charge in [-0.1, -0.05) is 5.92 Å². The number of rotatable bonds is 2. The summed E-state index contributed by atoms with van der Waals surface area (Å²) in [6.45, 7) is -0.606. The Morgan fingerprint density at radius 1 is 1.68 bits per heavy atom. The van der Waals surface area contributed by atoms with Crippen LogP contribution in [0, 0.1) is 12.3 Å². The molecule has 1 aliphatic rings. The Bertz CT molecular complexity index is 580. The lowest BCUT2D eigenvalue weighted by atomic mass is 9.93. The van der Waals surface area contributed by atoms with Crippen molar-refractivity contribution in [2.75, 3.05) is 12.3 Å². The predicted octanol–water partition coefficient (Wildman–Crippen LogP) is -2.56. The van der Waals surface area contributed by atoms with Crippen LogP contribution in [-0.4, -0.2) is 49.3 Å². The first-order chi connectivity index (χ1) is 8.93. The van der Waals surface area contributed by atoms with E-state index in [1.165, 1.54) is 12.3 Å². The summed E-state index contributed by atoms with van der Waals surface area (Å²) in [5, 5.41) is 29.2. The Balaban J connectivity index is 2.43. The lowest BCUT2D eigenvalue weighted by Gasteiger charge is -2.23. The topological polar surface area (TPSA) is 131 Å². The van der Waals surface area contributed by atoms with Crippen LogP contribution in [0.1, 0.15) is 6.23 Å². The molecule has 1 aromatic rings. The lowest BCUT2D eigenvalue weighted by Crippen LogP contribution is -2.48. The third-order valence-corrected chi connectivity index (χ3v) is 3.04. The van der Waals surface area contributed by atoms with Gasteiger partial charge < -0.3 is 25.8 Å². The van der Waals surface area contributed by atoms with Crippen molar-refractivity contribution >= 4 is 5.82 Å². The molecule has 1 fully saturated rings. The average molecular weight is 267 g/mol. The van der Waals surface area contributed by atoms with Crippen LogP contribution in [0.15, 0.2) is 17.1 Å². The van der Waals surface area contributed by atoms with Crippen molar-refractivity contribution in [2.45, 2.75) is 24.0 Å². The minimum atomic E-state index is -2.08. The van der Waals surface area contributed by atoms with E-state index in [4.69, 9.17) is 22.0 Å². The van der Waals surface area contributed by atoms with Crippen LogP contribution < -0.4 is 11.4 Å². The second kappa shape index (κ2) is 4.64. The highest BCUT2D eigenvalue weighted by Crippen LogP contribution is 2.35.